The number of carbonyl (C=O) groups is 2. The molecule has 0 N–H and O–H groups in total. The molecule has 1 heterocycles. The highest BCUT2D eigenvalue weighted by molar-refractivity contribution is 6.31. The predicted molar refractivity (Wildman–Crippen MR) is 66.2 cm³/mol. The lowest BCUT2D eigenvalue weighted by Gasteiger charge is -2.14. The van der Waals surface area contributed by atoms with Crippen LogP contribution in [0.1, 0.15) is 13.3 Å². The summed E-state index contributed by atoms with van der Waals surface area (Å²) in [7, 11) is 1.64. The van der Waals surface area contributed by atoms with Gasteiger partial charge in [0.15, 0.2) is 0 Å². The largest absolute Gasteiger partial charge is 0.331 e. The Bertz CT molecular complexity index is 475. The van der Waals surface area contributed by atoms with Crippen LogP contribution in [0, 0.1) is 0 Å². The number of amides is 3. The number of carbonyl (C=O) groups excluding carboxylic acids is 2. The fourth-order valence-electron chi connectivity index (χ4n) is 2.00. The molecule has 0 spiro atoms. The third-order valence-corrected chi connectivity index (χ3v) is 3.15. The number of benzene rings is 1. The average molecular weight is 253 g/mol. The molecule has 3 amide bonds. The normalized spacial score (nSPS) is 20.3. The summed E-state index contributed by atoms with van der Waals surface area (Å²) < 4.78 is 0. The van der Waals surface area contributed by atoms with Crippen molar-refractivity contribution in [2.24, 2.45) is 0 Å². The molecule has 1 aromatic carbocycles. The lowest BCUT2D eigenvalue weighted by atomic mass is 10.2. The van der Waals surface area contributed by atoms with Crippen LogP contribution in [-0.2, 0) is 4.79 Å². The van der Waals surface area contributed by atoms with Crippen molar-refractivity contribution in [1.29, 1.82) is 0 Å². The highest BCUT2D eigenvalue weighted by atomic mass is 35.5. The van der Waals surface area contributed by atoms with Gasteiger partial charge in [-0.05, 0) is 24.6 Å². The van der Waals surface area contributed by atoms with Crippen LogP contribution in [0.15, 0.2) is 24.3 Å². The quantitative estimate of drug-likeness (QED) is 0.759. The van der Waals surface area contributed by atoms with E-state index in [0.29, 0.717) is 17.1 Å². The number of hydrogen-bond acceptors (Lipinski definition) is 2. The van der Waals surface area contributed by atoms with Crippen molar-refractivity contribution in [2.75, 3.05) is 11.9 Å². The maximum Gasteiger partial charge on any atom is 0.331 e. The molecule has 0 aliphatic carbocycles. The molecule has 2 rings (SSSR count). The maximum absolute atomic E-state index is 12.1. The van der Waals surface area contributed by atoms with Crippen LogP contribution in [0.25, 0.3) is 0 Å². The van der Waals surface area contributed by atoms with Crippen molar-refractivity contribution < 1.29 is 9.59 Å². The number of likely N-dealkylation sites (N-methyl/N-ethyl adjacent to an activating group) is 1. The number of urea groups is 1. The van der Waals surface area contributed by atoms with E-state index < -0.39 is 0 Å². The summed E-state index contributed by atoms with van der Waals surface area (Å²) in [4.78, 5) is 26.7. The predicted octanol–water partition coefficient (Wildman–Crippen LogP) is 2.52. The molecule has 5 heteroatoms. The van der Waals surface area contributed by atoms with E-state index in [9.17, 15) is 9.59 Å². The third kappa shape index (κ3) is 1.89. The summed E-state index contributed by atoms with van der Waals surface area (Å²) in [6.45, 7) is 1.88. The summed E-state index contributed by atoms with van der Waals surface area (Å²) in [5.41, 5.74) is 0.523. The van der Waals surface area contributed by atoms with Crippen LogP contribution in [0.4, 0.5) is 10.5 Å². The summed E-state index contributed by atoms with van der Waals surface area (Å²) in [6.07, 6.45) is 0.609. The van der Waals surface area contributed by atoms with Gasteiger partial charge in [0.1, 0.15) is 6.04 Å². The van der Waals surface area contributed by atoms with E-state index in [2.05, 4.69) is 0 Å². The molecule has 0 bridgehead atoms. The zero-order chi connectivity index (χ0) is 12.6. The molecule has 1 aromatic rings. The minimum atomic E-state index is -0.374. The van der Waals surface area contributed by atoms with Gasteiger partial charge in [-0.3, -0.25) is 4.79 Å². The van der Waals surface area contributed by atoms with Crippen molar-refractivity contribution in [3.63, 3.8) is 0 Å². The highest BCUT2D eigenvalue weighted by Crippen LogP contribution is 2.27. The molecule has 1 saturated heterocycles. The van der Waals surface area contributed by atoms with Gasteiger partial charge in [0, 0.05) is 12.1 Å². The molecule has 1 aliphatic heterocycles. The molecule has 4 nitrogen and oxygen atoms in total. The number of nitrogens with zero attached hydrogens (tertiary/aromatic N) is 2. The average Bonchev–Trinajstić information content (AvgIpc) is 2.50. The number of rotatable bonds is 2. The Morgan fingerprint density at radius 2 is 2.06 bits per heavy atom. The maximum atomic E-state index is 12.1. The van der Waals surface area contributed by atoms with E-state index in [-0.39, 0.29) is 18.0 Å². The van der Waals surface area contributed by atoms with Crippen LogP contribution in [0.2, 0.25) is 5.02 Å². The molecule has 0 aromatic heterocycles. The molecule has 1 fully saturated rings. The first-order valence-corrected chi connectivity index (χ1v) is 5.80. The van der Waals surface area contributed by atoms with Gasteiger partial charge in [-0.25, -0.2) is 9.69 Å². The monoisotopic (exact) mass is 252 g/mol. The topological polar surface area (TPSA) is 40.6 Å². The van der Waals surface area contributed by atoms with Gasteiger partial charge in [0.05, 0.1) is 5.69 Å². The Hall–Kier alpha value is -1.55. The SMILES string of the molecule is CCC1C(=O)N(c2cccc(Cl)c2)C(=O)N1C. The van der Waals surface area contributed by atoms with Crippen molar-refractivity contribution in [3.8, 4) is 0 Å². The van der Waals surface area contributed by atoms with Gasteiger partial charge in [-0.2, -0.15) is 0 Å². The molecule has 1 atom stereocenters. The van der Waals surface area contributed by atoms with Gasteiger partial charge >= 0.3 is 6.03 Å². The Labute approximate surface area is 105 Å². The molecule has 90 valence electrons. The summed E-state index contributed by atoms with van der Waals surface area (Å²) >= 11 is 5.86. The second-order valence-electron chi connectivity index (χ2n) is 3.97. The van der Waals surface area contributed by atoms with Crippen molar-refractivity contribution in [1.82, 2.24) is 4.90 Å². The molecular weight excluding hydrogens is 240 g/mol. The first kappa shape index (κ1) is 11.9. The summed E-state index contributed by atoms with van der Waals surface area (Å²) in [5, 5.41) is 0.505. The van der Waals surface area contributed by atoms with Gasteiger partial charge in [0.25, 0.3) is 5.91 Å². The highest BCUT2D eigenvalue weighted by Gasteiger charge is 2.42. The van der Waals surface area contributed by atoms with Gasteiger partial charge < -0.3 is 4.90 Å². The molecule has 0 radical (unpaired) electrons. The lowest BCUT2D eigenvalue weighted by molar-refractivity contribution is -0.119. The van der Waals surface area contributed by atoms with E-state index in [1.54, 1.807) is 31.3 Å². The van der Waals surface area contributed by atoms with Gasteiger partial charge in [-0.15, -0.1) is 0 Å². The fraction of sp³-hybridized carbons (Fsp3) is 0.333. The van der Waals surface area contributed by atoms with Crippen molar-refractivity contribution >= 4 is 29.2 Å². The standard InChI is InChI=1S/C12H13ClN2O2/c1-3-10-11(16)15(12(17)14(10)2)9-6-4-5-8(13)7-9/h4-7,10H,3H2,1-2H3. The first-order valence-electron chi connectivity index (χ1n) is 5.42. The molecule has 0 saturated carbocycles. The minimum Gasteiger partial charge on any atom is -0.315 e. The molecule has 1 aliphatic rings. The zero-order valence-corrected chi connectivity index (χ0v) is 10.4. The van der Waals surface area contributed by atoms with Crippen LogP contribution < -0.4 is 4.90 Å². The van der Waals surface area contributed by atoms with E-state index in [4.69, 9.17) is 11.6 Å². The van der Waals surface area contributed by atoms with Crippen LogP contribution in [0.3, 0.4) is 0 Å². The summed E-state index contributed by atoms with van der Waals surface area (Å²) in [5.74, 6) is -0.192. The third-order valence-electron chi connectivity index (χ3n) is 2.92. The zero-order valence-electron chi connectivity index (χ0n) is 9.68. The first-order chi connectivity index (χ1) is 8.06. The van der Waals surface area contributed by atoms with Crippen molar-refractivity contribution in [3.05, 3.63) is 29.3 Å². The van der Waals surface area contributed by atoms with Crippen LogP contribution >= 0.6 is 11.6 Å². The number of anilines is 1. The number of imide groups is 1. The molecule has 1 unspecified atom stereocenters. The second-order valence-corrected chi connectivity index (χ2v) is 4.41. The van der Waals surface area contributed by atoms with E-state index in [1.807, 2.05) is 6.92 Å². The van der Waals surface area contributed by atoms with E-state index in [1.165, 1.54) is 9.80 Å². The summed E-state index contributed by atoms with van der Waals surface area (Å²) in [6, 6.07) is 6.07. The Kier molecular flexibility index (Phi) is 3.07. The number of hydrogen-bond donors (Lipinski definition) is 0. The van der Waals surface area contributed by atoms with Gasteiger partial charge in [0.2, 0.25) is 0 Å². The van der Waals surface area contributed by atoms with Crippen molar-refractivity contribution in [2.45, 2.75) is 19.4 Å². The van der Waals surface area contributed by atoms with E-state index in [0.717, 1.165) is 0 Å². The van der Waals surface area contributed by atoms with Crippen LogP contribution in [0.5, 0.6) is 0 Å². The second kappa shape index (κ2) is 4.37. The van der Waals surface area contributed by atoms with Crippen LogP contribution in [-0.4, -0.2) is 29.9 Å². The Morgan fingerprint density at radius 3 is 2.59 bits per heavy atom. The number of halogens is 1. The van der Waals surface area contributed by atoms with E-state index >= 15 is 0 Å². The Morgan fingerprint density at radius 1 is 1.35 bits per heavy atom. The van der Waals surface area contributed by atoms with Gasteiger partial charge in [-0.1, -0.05) is 24.6 Å². The fourth-order valence-corrected chi connectivity index (χ4v) is 2.19. The smallest absolute Gasteiger partial charge is 0.315 e. The molecule has 17 heavy (non-hydrogen) atoms. The lowest BCUT2D eigenvalue weighted by Crippen LogP contribution is -2.31. The molecular formula is C12H13ClN2O2. The Balaban J connectivity index is 2.40. The minimum absolute atomic E-state index is 0.192.